The summed E-state index contributed by atoms with van der Waals surface area (Å²) in [6.45, 7) is 1.08. The molecule has 0 aliphatic carbocycles. The Morgan fingerprint density at radius 1 is 1.05 bits per heavy atom. The number of H-pyrrole nitrogens is 2. The molecular weight excluding hydrogens is 574 g/mol. The SMILES string of the molecule is CC(=O)O.COc1ccc(OC)c(NC(=O)CC2SC(=NC(c3ccc(O)cc3)c3c(O)[nH]c(=O)[nH]c3=O)NC2=O)c1. The van der Waals surface area contributed by atoms with E-state index < -0.39 is 46.2 Å². The first-order valence-corrected chi connectivity index (χ1v) is 12.9. The number of aromatic hydroxyl groups is 2. The molecule has 2 heterocycles. The normalized spacial score (nSPS) is 15.6. The molecule has 3 aromatic rings. The molecule has 7 N–H and O–H groups in total. The molecule has 1 aromatic heterocycles. The van der Waals surface area contributed by atoms with E-state index in [2.05, 4.69) is 20.6 Å². The first-order valence-electron chi connectivity index (χ1n) is 12.0. The summed E-state index contributed by atoms with van der Waals surface area (Å²) in [7, 11) is 2.94. The number of carbonyl (C=O) groups excluding carboxylic acids is 2. The average molecular weight is 602 g/mol. The topological polar surface area (TPSA) is 232 Å². The van der Waals surface area contributed by atoms with E-state index in [9.17, 15) is 29.4 Å². The number of phenolic OH excluding ortho intramolecular Hbond substituents is 1. The number of benzene rings is 2. The summed E-state index contributed by atoms with van der Waals surface area (Å²) in [4.78, 5) is 67.0. The Balaban J connectivity index is 0.00000114. The van der Waals surface area contributed by atoms with Crippen LogP contribution < -0.4 is 31.4 Å². The number of aliphatic carboxylic acids is 1. The lowest BCUT2D eigenvalue weighted by Crippen LogP contribution is -2.29. The van der Waals surface area contributed by atoms with Gasteiger partial charge in [0, 0.05) is 19.4 Å². The van der Waals surface area contributed by atoms with Crippen LogP contribution in [-0.2, 0) is 14.4 Å². The average Bonchev–Trinajstić information content (AvgIpc) is 3.25. The number of hydrogen-bond donors (Lipinski definition) is 7. The maximum atomic E-state index is 12.7. The lowest BCUT2D eigenvalue weighted by atomic mass is 10.0. The molecule has 16 heteroatoms. The molecule has 222 valence electrons. The van der Waals surface area contributed by atoms with Crippen molar-refractivity contribution in [3.05, 3.63) is 74.4 Å². The maximum Gasteiger partial charge on any atom is 0.328 e. The zero-order chi connectivity index (χ0) is 31.0. The van der Waals surface area contributed by atoms with Gasteiger partial charge in [0.05, 0.1) is 19.9 Å². The third-order valence-electron chi connectivity index (χ3n) is 5.52. The summed E-state index contributed by atoms with van der Waals surface area (Å²) in [6, 6.07) is 9.40. The van der Waals surface area contributed by atoms with Gasteiger partial charge >= 0.3 is 5.69 Å². The third kappa shape index (κ3) is 8.14. The number of methoxy groups -OCH3 is 2. The van der Waals surface area contributed by atoms with Crippen LogP contribution in [0.4, 0.5) is 5.69 Å². The minimum atomic E-state index is -1.16. The zero-order valence-electron chi connectivity index (χ0n) is 22.5. The molecular formula is C26H27N5O10S. The first-order chi connectivity index (χ1) is 19.9. The second-order valence-electron chi connectivity index (χ2n) is 8.53. The van der Waals surface area contributed by atoms with Crippen LogP contribution in [-0.4, -0.2) is 67.7 Å². The number of amidine groups is 1. The van der Waals surface area contributed by atoms with Gasteiger partial charge in [-0.2, -0.15) is 0 Å². The van der Waals surface area contributed by atoms with Crippen LogP contribution in [0.15, 0.2) is 57.0 Å². The van der Waals surface area contributed by atoms with E-state index in [1.165, 1.54) is 38.5 Å². The van der Waals surface area contributed by atoms with E-state index in [0.29, 0.717) is 22.7 Å². The van der Waals surface area contributed by atoms with Crippen molar-refractivity contribution in [1.29, 1.82) is 0 Å². The summed E-state index contributed by atoms with van der Waals surface area (Å²) in [5.41, 5.74) is -1.32. The Kier molecular flexibility index (Phi) is 10.3. The van der Waals surface area contributed by atoms with E-state index in [0.717, 1.165) is 18.7 Å². The molecule has 2 amide bonds. The summed E-state index contributed by atoms with van der Waals surface area (Å²) < 4.78 is 10.4. The van der Waals surface area contributed by atoms with Gasteiger partial charge in [-0.1, -0.05) is 23.9 Å². The van der Waals surface area contributed by atoms with Crippen LogP contribution >= 0.6 is 11.8 Å². The van der Waals surface area contributed by atoms with Crippen LogP contribution in [0.2, 0.25) is 0 Å². The van der Waals surface area contributed by atoms with Crippen molar-refractivity contribution in [3.63, 3.8) is 0 Å². The van der Waals surface area contributed by atoms with Gasteiger partial charge in [-0.05, 0) is 29.8 Å². The van der Waals surface area contributed by atoms with Crippen molar-refractivity contribution in [2.75, 3.05) is 19.5 Å². The van der Waals surface area contributed by atoms with Crippen molar-refractivity contribution in [2.24, 2.45) is 4.99 Å². The monoisotopic (exact) mass is 601 g/mol. The lowest BCUT2D eigenvalue weighted by Gasteiger charge is -2.14. The van der Waals surface area contributed by atoms with Crippen molar-refractivity contribution in [3.8, 4) is 23.1 Å². The zero-order valence-corrected chi connectivity index (χ0v) is 23.3. The molecule has 15 nitrogen and oxygen atoms in total. The van der Waals surface area contributed by atoms with E-state index in [4.69, 9.17) is 19.4 Å². The predicted octanol–water partition coefficient (Wildman–Crippen LogP) is 1.29. The number of rotatable bonds is 8. The fraction of sp³-hybridized carbons (Fsp3) is 0.231. The van der Waals surface area contributed by atoms with Crippen LogP contribution in [0.3, 0.4) is 0 Å². The van der Waals surface area contributed by atoms with E-state index in [1.807, 2.05) is 4.98 Å². The van der Waals surface area contributed by atoms with Gasteiger partial charge < -0.3 is 35.4 Å². The number of carbonyl (C=O) groups is 3. The van der Waals surface area contributed by atoms with Gasteiger partial charge in [0.15, 0.2) is 5.17 Å². The Bertz CT molecular complexity index is 1610. The molecule has 1 saturated heterocycles. The summed E-state index contributed by atoms with van der Waals surface area (Å²) >= 11 is 0.968. The number of phenols is 1. The van der Waals surface area contributed by atoms with Crippen LogP contribution in [0.1, 0.15) is 30.5 Å². The number of aromatic nitrogens is 2. The van der Waals surface area contributed by atoms with E-state index in [-0.39, 0.29) is 22.9 Å². The van der Waals surface area contributed by atoms with Gasteiger partial charge in [0.2, 0.25) is 17.7 Å². The second kappa shape index (κ2) is 13.9. The molecule has 4 rings (SSSR count). The standard InChI is InChI=1S/C24H23N5O8S.C2H4O2/c1-36-13-7-8-15(37-2)14(9-13)25-17(31)10-16-20(32)29-24(38-16)26-19(11-3-5-12(30)6-4-11)18-21(33)27-23(35)28-22(18)34;1-2(3)4/h3-9,16,19,30H,10H2,1-2H3,(H,25,31)(H,26,29,32)(H3,27,28,33,34,35);1H3,(H,3,4). The van der Waals surface area contributed by atoms with E-state index >= 15 is 0 Å². The van der Waals surface area contributed by atoms with Crippen molar-refractivity contribution in [2.45, 2.75) is 24.6 Å². The van der Waals surface area contributed by atoms with Gasteiger partial charge in [0.1, 0.15) is 34.1 Å². The van der Waals surface area contributed by atoms with Gasteiger partial charge in [-0.25, -0.2) is 9.79 Å². The number of nitrogens with zero attached hydrogens (tertiary/aromatic N) is 1. The summed E-state index contributed by atoms with van der Waals surface area (Å²) in [5.74, 6) is -1.60. The number of aliphatic imine (C=N–C) groups is 1. The number of carboxylic acids is 1. The van der Waals surface area contributed by atoms with Crippen molar-refractivity contribution < 1.29 is 39.2 Å². The van der Waals surface area contributed by atoms with Crippen molar-refractivity contribution in [1.82, 2.24) is 15.3 Å². The molecule has 2 aromatic carbocycles. The number of thioether (sulfide) groups is 1. The highest BCUT2D eigenvalue weighted by Gasteiger charge is 2.34. The molecule has 2 unspecified atom stereocenters. The Hall–Kier alpha value is -5.25. The second-order valence-corrected chi connectivity index (χ2v) is 9.72. The molecule has 42 heavy (non-hydrogen) atoms. The summed E-state index contributed by atoms with van der Waals surface area (Å²) in [6.07, 6.45) is -0.204. The van der Waals surface area contributed by atoms with Crippen LogP contribution in [0, 0.1) is 0 Å². The number of anilines is 1. The smallest absolute Gasteiger partial charge is 0.328 e. The van der Waals surface area contributed by atoms with E-state index in [1.54, 1.807) is 18.2 Å². The highest BCUT2D eigenvalue weighted by molar-refractivity contribution is 8.15. The molecule has 0 saturated carbocycles. The molecule has 0 bridgehead atoms. The van der Waals surface area contributed by atoms with Gasteiger partial charge in [0.25, 0.3) is 11.5 Å². The van der Waals surface area contributed by atoms with Gasteiger partial charge in [-0.15, -0.1) is 0 Å². The Morgan fingerprint density at radius 2 is 1.71 bits per heavy atom. The highest BCUT2D eigenvalue weighted by atomic mass is 32.2. The summed E-state index contributed by atoms with van der Waals surface area (Å²) in [5, 5.41) is 31.9. The molecule has 1 aliphatic rings. The van der Waals surface area contributed by atoms with Gasteiger partial charge in [-0.3, -0.25) is 29.1 Å². The quantitative estimate of drug-likeness (QED) is 0.194. The lowest BCUT2D eigenvalue weighted by molar-refractivity contribution is -0.134. The number of amides is 2. The number of hydrogen-bond acceptors (Lipinski definition) is 11. The number of carboxylic acid groups (broad SMARTS) is 1. The number of nitrogens with one attached hydrogen (secondary N) is 4. The fourth-order valence-electron chi connectivity index (χ4n) is 3.70. The fourth-order valence-corrected chi connectivity index (χ4v) is 4.70. The molecule has 2 atom stereocenters. The van der Waals surface area contributed by atoms with Crippen molar-refractivity contribution >= 4 is 40.4 Å². The third-order valence-corrected chi connectivity index (χ3v) is 6.61. The molecule has 1 fully saturated rings. The minimum Gasteiger partial charge on any atom is -0.508 e. The predicted molar refractivity (Wildman–Crippen MR) is 152 cm³/mol. The van der Waals surface area contributed by atoms with Crippen LogP contribution in [0.25, 0.3) is 0 Å². The largest absolute Gasteiger partial charge is 0.508 e. The number of ether oxygens (including phenoxy) is 2. The highest BCUT2D eigenvalue weighted by Crippen LogP contribution is 2.33. The minimum absolute atomic E-state index is 0.0398. The first kappa shape index (κ1) is 31.3. The molecule has 0 radical (unpaired) electrons. The molecule has 1 aliphatic heterocycles. The maximum absolute atomic E-state index is 12.7. The van der Waals surface area contributed by atoms with Crippen LogP contribution in [0.5, 0.6) is 23.1 Å². The molecule has 0 spiro atoms. The number of aromatic amines is 2. The Labute approximate surface area is 241 Å². The Morgan fingerprint density at radius 3 is 2.31 bits per heavy atom.